The van der Waals surface area contributed by atoms with Crippen LogP contribution in [-0.4, -0.2) is 31.3 Å². The Balaban J connectivity index is 1.91. The summed E-state index contributed by atoms with van der Waals surface area (Å²) in [6.07, 6.45) is 2.27. The molecule has 2 heterocycles. The first kappa shape index (κ1) is 15.9. The summed E-state index contributed by atoms with van der Waals surface area (Å²) in [4.78, 5) is 24.5. The van der Waals surface area contributed by atoms with Gasteiger partial charge >= 0.3 is 0 Å². The average Bonchev–Trinajstić information content (AvgIpc) is 3.03. The van der Waals surface area contributed by atoms with Crippen LogP contribution in [0.15, 0.2) is 47.5 Å². The summed E-state index contributed by atoms with van der Waals surface area (Å²) in [5.74, 6) is -0.230. The molecule has 0 spiro atoms. The fraction of sp³-hybridized carbons (Fsp3) is 0.294. The first-order valence-electron chi connectivity index (χ1n) is 7.88. The van der Waals surface area contributed by atoms with Crippen molar-refractivity contribution in [3.05, 3.63) is 53.1 Å². The van der Waals surface area contributed by atoms with Crippen molar-refractivity contribution in [1.29, 1.82) is 0 Å². The largest absolute Gasteiger partial charge is 0.352 e. The zero-order valence-corrected chi connectivity index (χ0v) is 13.6. The molecule has 0 unspecified atom stereocenters. The maximum atomic E-state index is 12.5. The zero-order chi connectivity index (χ0) is 17.1. The predicted octanol–water partition coefficient (Wildman–Crippen LogP) is 1.47. The standard InChI is InChI=1S/C17H19N5O2/c1-3-12(2)19-16(23)10-21-17(24)15-9-14(20-22(15)11-18-21)13-7-5-4-6-8-13/h4-9,11-12H,3,10H2,1-2H3,(H,19,23)/t12-/m1/s1. The van der Waals surface area contributed by atoms with Crippen LogP contribution in [0.25, 0.3) is 16.8 Å². The molecule has 0 saturated heterocycles. The van der Waals surface area contributed by atoms with Crippen molar-refractivity contribution in [3.63, 3.8) is 0 Å². The van der Waals surface area contributed by atoms with E-state index in [1.807, 2.05) is 44.2 Å². The van der Waals surface area contributed by atoms with Crippen LogP contribution < -0.4 is 10.9 Å². The smallest absolute Gasteiger partial charge is 0.293 e. The highest BCUT2D eigenvalue weighted by Crippen LogP contribution is 2.17. The maximum Gasteiger partial charge on any atom is 0.293 e. The molecule has 1 atom stereocenters. The summed E-state index contributed by atoms with van der Waals surface area (Å²) in [7, 11) is 0. The fourth-order valence-electron chi connectivity index (χ4n) is 2.36. The van der Waals surface area contributed by atoms with Gasteiger partial charge in [-0.05, 0) is 19.4 Å². The number of carbonyl (C=O) groups is 1. The molecule has 0 radical (unpaired) electrons. The molecule has 1 N–H and O–H groups in total. The van der Waals surface area contributed by atoms with Gasteiger partial charge < -0.3 is 5.32 Å². The Bertz CT molecular complexity index is 914. The Morgan fingerprint density at radius 3 is 2.75 bits per heavy atom. The third-order valence-corrected chi connectivity index (χ3v) is 3.87. The minimum absolute atomic E-state index is 0.0663. The SMILES string of the molecule is CC[C@@H](C)NC(=O)Cn1ncn2nc(-c3ccccc3)cc2c1=O. The predicted molar refractivity (Wildman–Crippen MR) is 90.6 cm³/mol. The van der Waals surface area contributed by atoms with Crippen LogP contribution in [0.3, 0.4) is 0 Å². The van der Waals surface area contributed by atoms with Crippen molar-refractivity contribution in [3.8, 4) is 11.3 Å². The topological polar surface area (TPSA) is 81.3 Å². The normalized spacial score (nSPS) is 12.2. The van der Waals surface area contributed by atoms with Crippen molar-refractivity contribution in [1.82, 2.24) is 24.7 Å². The van der Waals surface area contributed by atoms with Crippen molar-refractivity contribution in [2.45, 2.75) is 32.9 Å². The highest BCUT2D eigenvalue weighted by molar-refractivity contribution is 5.76. The minimum atomic E-state index is -0.341. The van der Waals surface area contributed by atoms with Gasteiger partial charge in [-0.2, -0.15) is 10.2 Å². The van der Waals surface area contributed by atoms with Crippen molar-refractivity contribution in [2.24, 2.45) is 0 Å². The van der Waals surface area contributed by atoms with Gasteiger partial charge in [0.2, 0.25) is 5.91 Å². The van der Waals surface area contributed by atoms with Crippen LogP contribution >= 0.6 is 0 Å². The lowest BCUT2D eigenvalue weighted by Gasteiger charge is -2.11. The Kier molecular flexibility index (Phi) is 4.41. The molecular formula is C17H19N5O2. The van der Waals surface area contributed by atoms with Crippen LogP contribution in [0.2, 0.25) is 0 Å². The van der Waals surface area contributed by atoms with Gasteiger partial charge in [0.15, 0.2) is 0 Å². The second-order valence-electron chi connectivity index (χ2n) is 5.70. The van der Waals surface area contributed by atoms with Gasteiger partial charge in [0.25, 0.3) is 5.56 Å². The lowest BCUT2D eigenvalue weighted by molar-refractivity contribution is -0.122. The molecule has 3 aromatic rings. The van der Waals surface area contributed by atoms with Gasteiger partial charge in [0.1, 0.15) is 18.4 Å². The molecule has 2 aromatic heterocycles. The lowest BCUT2D eigenvalue weighted by atomic mass is 10.1. The van der Waals surface area contributed by atoms with Crippen LogP contribution in [0.5, 0.6) is 0 Å². The van der Waals surface area contributed by atoms with E-state index in [2.05, 4.69) is 15.5 Å². The molecule has 0 aliphatic carbocycles. The van der Waals surface area contributed by atoms with Crippen molar-refractivity contribution in [2.75, 3.05) is 0 Å². The molecule has 124 valence electrons. The van der Waals surface area contributed by atoms with E-state index in [0.29, 0.717) is 11.2 Å². The number of amides is 1. The molecule has 1 aromatic carbocycles. The molecule has 0 aliphatic heterocycles. The van der Waals surface area contributed by atoms with Gasteiger partial charge in [-0.25, -0.2) is 9.20 Å². The van der Waals surface area contributed by atoms with E-state index < -0.39 is 0 Å². The molecule has 0 saturated carbocycles. The summed E-state index contributed by atoms with van der Waals surface area (Å²) in [5, 5.41) is 11.2. The van der Waals surface area contributed by atoms with Crippen molar-refractivity contribution >= 4 is 11.4 Å². The molecule has 24 heavy (non-hydrogen) atoms. The molecule has 7 heteroatoms. The summed E-state index contributed by atoms with van der Waals surface area (Å²) < 4.78 is 2.59. The van der Waals surface area contributed by atoms with E-state index in [-0.39, 0.29) is 24.1 Å². The molecule has 0 aliphatic rings. The van der Waals surface area contributed by atoms with Gasteiger partial charge in [-0.15, -0.1) is 0 Å². The van der Waals surface area contributed by atoms with Gasteiger partial charge in [-0.3, -0.25) is 9.59 Å². The third-order valence-electron chi connectivity index (χ3n) is 3.87. The Morgan fingerprint density at radius 2 is 2.04 bits per heavy atom. The molecule has 7 nitrogen and oxygen atoms in total. The fourth-order valence-corrected chi connectivity index (χ4v) is 2.36. The number of hydrogen-bond acceptors (Lipinski definition) is 4. The summed E-state index contributed by atoms with van der Waals surface area (Å²) in [5.41, 5.74) is 1.66. The van der Waals surface area contributed by atoms with E-state index in [1.54, 1.807) is 6.07 Å². The number of fused-ring (bicyclic) bond motifs is 1. The van der Waals surface area contributed by atoms with Crippen LogP contribution in [0.1, 0.15) is 20.3 Å². The summed E-state index contributed by atoms with van der Waals surface area (Å²) in [6, 6.07) is 11.4. The monoisotopic (exact) mass is 325 g/mol. The Morgan fingerprint density at radius 1 is 1.29 bits per heavy atom. The van der Waals surface area contributed by atoms with E-state index >= 15 is 0 Å². The molecule has 3 rings (SSSR count). The number of nitrogens with zero attached hydrogens (tertiary/aromatic N) is 4. The number of aromatic nitrogens is 4. The van der Waals surface area contributed by atoms with Crippen LogP contribution in [0, 0.1) is 0 Å². The summed E-state index contributed by atoms with van der Waals surface area (Å²) in [6.45, 7) is 3.80. The molecule has 0 fully saturated rings. The van der Waals surface area contributed by atoms with Crippen LogP contribution in [-0.2, 0) is 11.3 Å². The molecular weight excluding hydrogens is 306 g/mol. The molecule has 0 bridgehead atoms. The first-order valence-corrected chi connectivity index (χ1v) is 7.88. The maximum absolute atomic E-state index is 12.5. The number of carbonyl (C=O) groups excluding carboxylic acids is 1. The zero-order valence-electron chi connectivity index (χ0n) is 13.6. The Labute approximate surface area is 138 Å². The number of nitrogens with one attached hydrogen (secondary N) is 1. The summed E-state index contributed by atoms with van der Waals surface area (Å²) >= 11 is 0. The van der Waals surface area contributed by atoms with E-state index in [1.165, 1.54) is 10.8 Å². The van der Waals surface area contributed by atoms with E-state index in [4.69, 9.17) is 0 Å². The highest BCUT2D eigenvalue weighted by Gasteiger charge is 2.13. The van der Waals surface area contributed by atoms with E-state index in [9.17, 15) is 9.59 Å². The second-order valence-corrected chi connectivity index (χ2v) is 5.70. The lowest BCUT2D eigenvalue weighted by Crippen LogP contribution is -2.38. The highest BCUT2D eigenvalue weighted by atomic mass is 16.2. The van der Waals surface area contributed by atoms with Gasteiger partial charge in [0.05, 0.1) is 5.69 Å². The number of benzene rings is 1. The van der Waals surface area contributed by atoms with Crippen LogP contribution in [0.4, 0.5) is 0 Å². The third kappa shape index (κ3) is 3.19. The first-order chi connectivity index (χ1) is 11.6. The quantitative estimate of drug-likeness (QED) is 0.770. The number of hydrogen-bond donors (Lipinski definition) is 1. The van der Waals surface area contributed by atoms with Gasteiger partial charge in [0, 0.05) is 11.6 Å². The molecule has 1 amide bonds. The van der Waals surface area contributed by atoms with Crippen molar-refractivity contribution < 1.29 is 4.79 Å². The Hall–Kier alpha value is -2.96. The number of rotatable bonds is 5. The average molecular weight is 325 g/mol. The minimum Gasteiger partial charge on any atom is -0.352 e. The second kappa shape index (κ2) is 6.66. The van der Waals surface area contributed by atoms with E-state index in [0.717, 1.165) is 16.7 Å². The van der Waals surface area contributed by atoms with Gasteiger partial charge in [-0.1, -0.05) is 37.3 Å².